The molecule has 2 saturated heterocycles. The summed E-state index contributed by atoms with van der Waals surface area (Å²) in [6.45, 7) is 5.46. The maximum atomic E-state index is 14.0. The fourth-order valence-electron chi connectivity index (χ4n) is 4.61. The third kappa shape index (κ3) is 4.47. The lowest BCUT2D eigenvalue weighted by Gasteiger charge is -2.38. The number of fused-ring (bicyclic) bond motifs is 2. The first-order chi connectivity index (χ1) is 15.1. The molecule has 0 saturated carbocycles. The van der Waals surface area contributed by atoms with Gasteiger partial charge in [-0.1, -0.05) is 6.07 Å². The maximum Gasteiger partial charge on any atom is 0.407 e. The number of piperidine rings is 1. The van der Waals surface area contributed by atoms with Gasteiger partial charge in [0.05, 0.1) is 11.8 Å². The summed E-state index contributed by atoms with van der Waals surface area (Å²) in [5, 5.41) is 11.8. The third-order valence-electron chi connectivity index (χ3n) is 5.92. The van der Waals surface area contributed by atoms with Crippen molar-refractivity contribution in [1.82, 2.24) is 10.2 Å². The van der Waals surface area contributed by atoms with Crippen LogP contribution in [0.1, 0.15) is 62.6 Å². The summed E-state index contributed by atoms with van der Waals surface area (Å²) in [5.41, 5.74) is 0.514. The van der Waals surface area contributed by atoms with Crippen LogP contribution in [0.5, 0.6) is 0 Å². The monoisotopic (exact) mass is 439 g/mol. The second-order valence-corrected chi connectivity index (χ2v) is 9.42. The maximum absolute atomic E-state index is 14.0. The lowest BCUT2D eigenvalue weighted by molar-refractivity contribution is 0.0407. The molecule has 2 aromatic rings. The summed E-state index contributed by atoms with van der Waals surface area (Å²) in [7, 11) is 0. The first kappa shape index (κ1) is 21.9. The van der Waals surface area contributed by atoms with E-state index in [1.54, 1.807) is 18.2 Å². The topological polar surface area (TPSA) is 95.6 Å². The van der Waals surface area contributed by atoms with Gasteiger partial charge in [-0.05, 0) is 70.2 Å². The Hall–Kier alpha value is -3.34. The smallest absolute Gasteiger partial charge is 0.407 e. The number of alkyl carbamates (subject to hydrolysis) is 1. The van der Waals surface area contributed by atoms with Gasteiger partial charge in [0.25, 0.3) is 5.91 Å². The van der Waals surface area contributed by atoms with Crippen LogP contribution >= 0.6 is 0 Å². The molecule has 0 radical (unpaired) electrons. The fraction of sp³-hybridized carbons (Fsp3) is 0.458. The van der Waals surface area contributed by atoms with Crippen molar-refractivity contribution in [3.63, 3.8) is 0 Å². The number of halogens is 1. The van der Waals surface area contributed by atoms with E-state index in [1.165, 1.54) is 18.4 Å². The molecule has 3 heterocycles. The van der Waals surface area contributed by atoms with E-state index < -0.39 is 17.5 Å². The SMILES string of the molecule is CC(C)(C)OC(=O)NC1CC2CCC(C1)N2C(=O)c1cc(-c2ccc(C#N)c(F)c2)co1. The van der Waals surface area contributed by atoms with Crippen molar-refractivity contribution in [3.8, 4) is 17.2 Å². The van der Waals surface area contributed by atoms with E-state index in [0.29, 0.717) is 24.0 Å². The zero-order valence-electron chi connectivity index (χ0n) is 18.4. The van der Waals surface area contributed by atoms with Crippen LogP contribution < -0.4 is 5.32 Å². The van der Waals surface area contributed by atoms with Gasteiger partial charge in [0.15, 0.2) is 5.76 Å². The van der Waals surface area contributed by atoms with Gasteiger partial charge in [-0.2, -0.15) is 5.26 Å². The molecule has 168 valence electrons. The molecular formula is C24H26FN3O4. The van der Waals surface area contributed by atoms with Crippen molar-refractivity contribution in [3.05, 3.63) is 47.7 Å². The first-order valence-electron chi connectivity index (χ1n) is 10.8. The average Bonchev–Trinajstić information content (AvgIpc) is 3.29. The van der Waals surface area contributed by atoms with E-state index in [1.807, 2.05) is 25.7 Å². The van der Waals surface area contributed by atoms with Gasteiger partial charge in [0.1, 0.15) is 17.5 Å². The van der Waals surface area contributed by atoms with Gasteiger partial charge in [0.2, 0.25) is 0 Å². The summed E-state index contributed by atoms with van der Waals surface area (Å²) < 4.78 is 24.8. The molecule has 2 bridgehead atoms. The Bertz CT molecular complexity index is 1070. The summed E-state index contributed by atoms with van der Waals surface area (Å²) in [6.07, 6.45) is 4.06. The van der Waals surface area contributed by atoms with E-state index >= 15 is 0 Å². The van der Waals surface area contributed by atoms with Crippen LogP contribution in [0.25, 0.3) is 11.1 Å². The molecule has 4 rings (SSSR count). The molecule has 2 aliphatic rings. The van der Waals surface area contributed by atoms with Crippen molar-refractivity contribution < 1.29 is 23.1 Å². The number of amides is 2. The van der Waals surface area contributed by atoms with Gasteiger partial charge >= 0.3 is 6.09 Å². The first-order valence-corrected chi connectivity index (χ1v) is 10.8. The van der Waals surface area contributed by atoms with E-state index in [-0.39, 0.29) is 35.4 Å². The molecule has 2 aliphatic heterocycles. The van der Waals surface area contributed by atoms with E-state index in [9.17, 15) is 14.0 Å². The zero-order chi connectivity index (χ0) is 23.0. The van der Waals surface area contributed by atoms with Crippen LogP contribution in [0.15, 0.2) is 34.9 Å². The fourth-order valence-corrected chi connectivity index (χ4v) is 4.61. The molecule has 2 fully saturated rings. The lowest BCUT2D eigenvalue weighted by atomic mass is 9.97. The second kappa shape index (κ2) is 8.30. The number of benzene rings is 1. The lowest BCUT2D eigenvalue weighted by Crippen LogP contribution is -2.52. The number of carbonyl (C=O) groups excluding carboxylic acids is 2. The highest BCUT2D eigenvalue weighted by Gasteiger charge is 2.44. The zero-order valence-corrected chi connectivity index (χ0v) is 18.4. The summed E-state index contributed by atoms with van der Waals surface area (Å²) in [4.78, 5) is 27.2. The number of nitrogens with zero attached hydrogens (tertiary/aromatic N) is 2. The highest BCUT2D eigenvalue weighted by atomic mass is 19.1. The molecule has 0 aliphatic carbocycles. The predicted octanol–water partition coefficient (Wildman–Crippen LogP) is 4.62. The molecule has 1 aromatic heterocycles. The minimum atomic E-state index is -0.614. The largest absolute Gasteiger partial charge is 0.459 e. The van der Waals surface area contributed by atoms with Gasteiger partial charge in [-0.25, -0.2) is 9.18 Å². The Morgan fingerprint density at radius 2 is 1.88 bits per heavy atom. The number of rotatable bonds is 3. The number of nitrogens with one attached hydrogen (secondary N) is 1. The molecule has 1 aromatic carbocycles. The Morgan fingerprint density at radius 1 is 1.19 bits per heavy atom. The summed E-state index contributed by atoms with van der Waals surface area (Å²) in [5.74, 6) is -0.620. The van der Waals surface area contributed by atoms with Gasteiger partial charge in [-0.3, -0.25) is 4.79 Å². The summed E-state index contributed by atoms with van der Waals surface area (Å²) >= 11 is 0. The van der Waals surface area contributed by atoms with Crippen molar-refractivity contribution in [1.29, 1.82) is 5.26 Å². The average molecular weight is 439 g/mol. The van der Waals surface area contributed by atoms with Gasteiger partial charge < -0.3 is 19.4 Å². The predicted molar refractivity (Wildman–Crippen MR) is 114 cm³/mol. The van der Waals surface area contributed by atoms with E-state index in [2.05, 4.69) is 5.32 Å². The molecule has 7 nitrogen and oxygen atoms in total. The molecule has 1 N–H and O–H groups in total. The normalized spacial score (nSPS) is 22.3. The van der Waals surface area contributed by atoms with Crippen molar-refractivity contribution in [2.24, 2.45) is 0 Å². The molecule has 2 unspecified atom stereocenters. The third-order valence-corrected chi connectivity index (χ3v) is 5.92. The van der Waals surface area contributed by atoms with Crippen LogP contribution in [-0.2, 0) is 4.74 Å². The molecule has 2 amide bonds. The Balaban J connectivity index is 1.44. The van der Waals surface area contributed by atoms with E-state index in [0.717, 1.165) is 12.8 Å². The molecule has 32 heavy (non-hydrogen) atoms. The Labute approximate surface area is 186 Å². The quantitative estimate of drug-likeness (QED) is 0.753. The van der Waals surface area contributed by atoms with Crippen molar-refractivity contribution in [2.45, 2.75) is 70.2 Å². The second-order valence-electron chi connectivity index (χ2n) is 9.42. The number of furan rings is 1. The molecule has 0 spiro atoms. The van der Waals surface area contributed by atoms with Crippen LogP contribution in [-0.4, -0.2) is 40.6 Å². The Morgan fingerprint density at radius 3 is 2.47 bits per heavy atom. The highest BCUT2D eigenvalue weighted by Crippen LogP contribution is 2.37. The van der Waals surface area contributed by atoms with Crippen LogP contribution in [0.2, 0.25) is 0 Å². The van der Waals surface area contributed by atoms with Gasteiger partial charge in [0, 0.05) is 23.7 Å². The van der Waals surface area contributed by atoms with Crippen LogP contribution in [0, 0.1) is 17.1 Å². The van der Waals surface area contributed by atoms with Gasteiger partial charge in [-0.15, -0.1) is 0 Å². The van der Waals surface area contributed by atoms with Crippen LogP contribution in [0.4, 0.5) is 9.18 Å². The number of carbonyl (C=O) groups is 2. The molecule has 2 atom stereocenters. The number of ether oxygens (including phenoxy) is 1. The summed E-state index contributed by atoms with van der Waals surface area (Å²) in [6, 6.07) is 7.67. The van der Waals surface area contributed by atoms with E-state index in [4.69, 9.17) is 14.4 Å². The molecular weight excluding hydrogens is 413 g/mol. The minimum Gasteiger partial charge on any atom is -0.459 e. The van der Waals surface area contributed by atoms with Crippen molar-refractivity contribution in [2.75, 3.05) is 0 Å². The number of hydrogen-bond acceptors (Lipinski definition) is 5. The number of hydrogen-bond donors (Lipinski definition) is 1. The standard InChI is InChI=1S/C24H26FN3O4/c1-24(2,3)32-23(30)27-17-10-18-6-7-19(11-17)28(18)22(29)21-9-16(13-31-21)14-4-5-15(12-26)20(25)8-14/h4-5,8-9,13,17-19H,6-7,10-11H2,1-3H3,(H,27,30). The van der Waals surface area contributed by atoms with Crippen LogP contribution in [0.3, 0.4) is 0 Å². The van der Waals surface area contributed by atoms with Crippen molar-refractivity contribution >= 4 is 12.0 Å². The Kier molecular flexibility index (Phi) is 5.68. The minimum absolute atomic E-state index is 0.0158. The number of nitriles is 1. The molecule has 8 heteroatoms. The highest BCUT2D eigenvalue weighted by molar-refractivity contribution is 5.93.